The van der Waals surface area contributed by atoms with E-state index in [2.05, 4.69) is 60.5 Å². The predicted octanol–water partition coefficient (Wildman–Crippen LogP) is 4.28. The average molecular weight is 240 g/mol. The minimum atomic E-state index is 1.04. The van der Waals surface area contributed by atoms with Crippen molar-refractivity contribution < 1.29 is 0 Å². The Balaban J connectivity index is 2.08. The molecule has 0 radical (unpaired) electrons. The summed E-state index contributed by atoms with van der Waals surface area (Å²) in [6.07, 6.45) is 0. The smallest absolute Gasteiger partial charge is 0.0385 e. The molecular weight excluding hydrogens is 220 g/mol. The van der Waals surface area contributed by atoms with Crippen LogP contribution in [0.2, 0.25) is 0 Å². The van der Waals surface area contributed by atoms with E-state index < -0.39 is 0 Å². The molecule has 0 amide bonds. The number of anilines is 3. The molecule has 0 fully saturated rings. The van der Waals surface area contributed by atoms with Gasteiger partial charge in [0.25, 0.3) is 0 Å². The molecule has 0 aliphatic heterocycles. The van der Waals surface area contributed by atoms with Crippen molar-refractivity contribution in [1.29, 1.82) is 0 Å². The van der Waals surface area contributed by atoms with Crippen molar-refractivity contribution in [3.8, 4) is 0 Å². The van der Waals surface area contributed by atoms with E-state index in [1.807, 2.05) is 18.2 Å². The Morgan fingerprint density at radius 1 is 0.778 bits per heavy atom. The van der Waals surface area contributed by atoms with Gasteiger partial charge in [-0.3, -0.25) is 0 Å². The summed E-state index contributed by atoms with van der Waals surface area (Å²) in [6.45, 7) is 6.45. The van der Waals surface area contributed by atoms with Crippen LogP contribution in [-0.4, -0.2) is 13.1 Å². The Morgan fingerprint density at radius 2 is 1.33 bits per heavy atom. The van der Waals surface area contributed by atoms with Crippen LogP contribution in [0, 0.1) is 0 Å². The number of nitrogens with one attached hydrogen (secondary N) is 1. The SMILES string of the molecule is CCN(CC)c1ccc(Nc2ccccc2)cc1. The van der Waals surface area contributed by atoms with Crippen LogP contribution in [0.5, 0.6) is 0 Å². The van der Waals surface area contributed by atoms with Gasteiger partial charge in [0, 0.05) is 30.2 Å². The molecule has 0 saturated carbocycles. The second-order valence-corrected chi connectivity index (χ2v) is 4.21. The molecule has 0 bridgehead atoms. The lowest BCUT2D eigenvalue weighted by atomic mass is 10.2. The van der Waals surface area contributed by atoms with Crippen molar-refractivity contribution in [2.75, 3.05) is 23.3 Å². The summed E-state index contributed by atoms with van der Waals surface area (Å²) in [6, 6.07) is 18.8. The molecule has 0 saturated heterocycles. The maximum atomic E-state index is 3.39. The summed E-state index contributed by atoms with van der Waals surface area (Å²) < 4.78 is 0. The summed E-state index contributed by atoms with van der Waals surface area (Å²) in [5.74, 6) is 0. The Hall–Kier alpha value is -1.96. The Morgan fingerprint density at radius 3 is 1.89 bits per heavy atom. The van der Waals surface area contributed by atoms with E-state index in [9.17, 15) is 0 Å². The summed E-state index contributed by atoms with van der Waals surface area (Å²) in [7, 11) is 0. The zero-order valence-corrected chi connectivity index (χ0v) is 11.1. The normalized spacial score (nSPS) is 10.1. The molecule has 0 atom stereocenters. The fraction of sp³-hybridized carbons (Fsp3) is 0.250. The lowest BCUT2D eigenvalue weighted by Crippen LogP contribution is -2.21. The largest absolute Gasteiger partial charge is 0.372 e. The molecule has 2 heteroatoms. The van der Waals surface area contributed by atoms with E-state index in [-0.39, 0.29) is 0 Å². The third-order valence-corrected chi connectivity index (χ3v) is 3.06. The zero-order valence-electron chi connectivity index (χ0n) is 11.1. The van der Waals surface area contributed by atoms with Crippen LogP contribution >= 0.6 is 0 Å². The summed E-state index contributed by atoms with van der Waals surface area (Å²) in [5, 5.41) is 3.39. The van der Waals surface area contributed by atoms with Crippen molar-refractivity contribution in [2.24, 2.45) is 0 Å². The van der Waals surface area contributed by atoms with Gasteiger partial charge >= 0.3 is 0 Å². The lowest BCUT2D eigenvalue weighted by Gasteiger charge is -2.21. The highest BCUT2D eigenvalue weighted by Crippen LogP contribution is 2.20. The van der Waals surface area contributed by atoms with E-state index in [0.717, 1.165) is 24.5 Å². The van der Waals surface area contributed by atoms with Crippen LogP contribution < -0.4 is 10.2 Å². The minimum absolute atomic E-state index is 1.04. The fourth-order valence-electron chi connectivity index (χ4n) is 2.03. The first-order chi connectivity index (χ1) is 8.83. The van der Waals surface area contributed by atoms with Crippen LogP contribution in [-0.2, 0) is 0 Å². The van der Waals surface area contributed by atoms with Gasteiger partial charge in [-0.1, -0.05) is 18.2 Å². The van der Waals surface area contributed by atoms with E-state index in [1.54, 1.807) is 0 Å². The molecule has 2 aromatic rings. The van der Waals surface area contributed by atoms with E-state index in [1.165, 1.54) is 5.69 Å². The van der Waals surface area contributed by atoms with Gasteiger partial charge in [-0.25, -0.2) is 0 Å². The highest BCUT2D eigenvalue weighted by Gasteiger charge is 2.01. The van der Waals surface area contributed by atoms with Crippen LogP contribution in [0.4, 0.5) is 17.1 Å². The van der Waals surface area contributed by atoms with Crippen molar-refractivity contribution >= 4 is 17.1 Å². The second-order valence-electron chi connectivity index (χ2n) is 4.21. The van der Waals surface area contributed by atoms with E-state index >= 15 is 0 Å². The highest BCUT2D eigenvalue weighted by molar-refractivity contribution is 5.62. The van der Waals surface area contributed by atoms with Gasteiger partial charge in [0.15, 0.2) is 0 Å². The molecule has 0 aliphatic carbocycles. The first-order valence-electron chi connectivity index (χ1n) is 6.50. The summed E-state index contributed by atoms with van der Waals surface area (Å²) in [4.78, 5) is 2.34. The van der Waals surface area contributed by atoms with E-state index in [4.69, 9.17) is 0 Å². The van der Waals surface area contributed by atoms with Gasteiger partial charge in [0.2, 0.25) is 0 Å². The van der Waals surface area contributed by atoms with Gasteiger partial charge in [-0.2, -0.15) is 0 Å². The quantitative estimate of drug-likeness (QED) is 0.839. The Bertz CT molecular complexity index is 458. The number of hydrogen-bond donors (Lipinski definition) is 1. The van der Waals surface area contributed by atoms with Crippen molar-refractivity contribution in [2.45, 2.75) is 13.8 Å². The number of nitrogens with zero attached hydrogens (tertiary/aromatic N) is 1. The standard InChI is InChI=1S/C16H20N2/c1-3-18(4-2)16-12-10-15(11-13-16)17-14-8-6-5-7-9-14/h5-13,17H,3-4H2,1-2H3. The molecule has 0 heterocycles. The van der Waals surface area contributed by atoms with Crippen LogP contribution in [0.15, 0.2) is 54.6 Å². The molecule has 1 N–H and O–H groups in total. The van der Waals surface area contributed by atoms with Crippen LogP contribution in [0.3, 0.4) is 0 Å². The molecule has 2 rings (SSSR count). The molecule has 0 aromatic heterocycles. The molecule has 18 heavy (non-hydrogen) atoms. The number of rotatable bonds is 5. The minimum Gasteiger partial charge on any atom is -0.372 e. The third kappa shape index (κ3) is 3.04. The van der Waals surface area contributed by atoms with Crippen molar-refractivity contribution in [3.63, 3.8) is 0 Å². The third-order valence-electron chi connectivity index (χ3n) is 3.06. The molecule has 2 nitrogen and oxygen atoms in total. The highest BCUT2D eigenvalue weighted by atomic mass is 15.1. The maximum absolute atomic E-state index is 3.39. The molecule has 0 aliphatic rings. The van der Waals surface area contributed by atoms with E-state index in [0.29, 0.717) is 0 Å². The van der Waals surface area contributed by atoms with Crippen LogP contribution in [0.1, 0.15) is 13.8 Å². The number of hydrogen-bond acceptors (Lipinski definition) is 2. The summed E-state index contributed by atoms with van der Waals surface area (Å²) >= 11 is 0. The van der Waals surface area contributed by atoms with Crippen molar-refractivity contribution in [1.82, 2.24) is 0 Å². The fourth-order valence-corrected chi connectivity index (χ4v) is 2.03. The number of benzene rings is 2. The maximum Gasteiger partial charge on any atom is 0.0385 e. The second kappa shape index (κ2) is 6.10. The monoisotopic (exact) mass is 240 g/mol. The molecule has 2 aromatic carbocycles. The lowest BCUT2D eigenvalue weighted by molar-refractivity contribution is 0.866. The first kappa shape index (κ1) is 12.5. The van der Waals surface area contributed by atoms with Gasteiger partial charge in [0.05, 0.1) is 0 Å². The topological polar surface area (TPSA) is 15.3 Å². The zero-order chi connectivity index (χ0) is 12.8. The molecule has 0 unspecified atom stereocenters. The molecule has 0 spiro atoms. The van der Waals surface area contributed by atoms with Crippen molar-refractivity contribution in [3.05, 3.63) is 54.6 Å². The van der Waals surface area contributed by atoms with Gasteiger partial charge in [-0.05, 0) is 50.2 Å². The van der Waals surface area contributed by atoms with Gasteiger partial charge in [-0.15, -0.1) is 0 Å². The average Bonchev–Trinajstić information content (AvgIpc) is 2.43. The van der Waals surface area contributed by atoms with Crippen LogP contribution in [0.25, 0.3) is 0 Å². The first-order valence-corrected chi connectivity index (χ1v) is 6.50. The number of para-hydroxylation sites is 1. The molecular formula is C16H20N2. The van der Waals surface area contributed by atoms with Gasteiger partial charge in [0.1, 0.15) is 0 Å². The van der Waals surface area contributed by atoms with Gasteiger partial charge < -0.3 is 10.2 Å². The Kier molecular flexibility index (Phi) is 4.24. The Labute approximate surface area is 109 Å². The predicted molar refractivity (Wildman–Crippen MR) is 79.7 cm³/mol. The molecule has 94 valence electrons. The summed E-state index contributed by atoms with van der Waals surface area (Å²) in [5.41, 5.74) is 3.52.